The molecule has 0 saturated carbocycles. The molecule has 0 radical (unpaired) electrons. The molecule has 4 aromatic carbocycles. The van der Waals surface area contributed by atoms with Crippen LogP contribution in [0.4, 0.5) is 15.8 Å². The first kappa shape index (κ1) is 23.4. The van der Waals surface area contributed by atoms with Crippen molar-refractivity contribution in [2.75, 3.05) is 16.8 Å². The van der Waals surface area contributed by atoms with Crippen molar-refractivity contribution < 1.29 is 18.7 Å². The lowest BCUT2D eigenvalue weighted by Crippen LogP contribution is -2.43. The molecule has 0 bridgehead atoms. The first-order chi connectivity index (χ1) is 17.5. The van der Waals surface area contributed by atoms with Crippen LogP contribution in [0.3, 0.4) is 0 Å². The number of carbonyl (C=O) groups is 1. The molecule has 1 amide bonds. The van der Waals surface area contributed by atoms with Crippen LogP contribution in [0.1, 0.15) is 40.1 Å². The van der Waals surface area contributed by atoms with Gasteiger partial charge in [0.15, 0.2) is 11.5 Å². The highest BCUT2D eigenvalue weighted by molar-refractivity contribution is 6.12. The monoisotopic (exact) mass is 482 g/mol. The third kappa shape index (κ3) is 4.75. The molecule has 0 unspecified atom stereocenters. The van der Waals surface area contributed by atoms with Crippen LogP contribution in [0.2, 0.25) is 0 Å². The number of amides is 1. The third-order valence-corrected chi connectivity index (χ3v) is 6.13. The number of fused-ring (bicyclic) bond motifs is 1. The van der Waals surface area contributed by atoms with Gasteiger partial charge in [0.1, 0.15) is 18.6 Å². The van der Waals surface area contributed by atoms with Crippen molar-refractivity contribution in [3.8, 4) is 11.5 Å². The summed E-state index contributed by atoms with van der Waals surface area (Å²) < 4.78 is 25.2. The van der Waals surface area contributed by atoms with E-state index < -0.39 is 6.17 Å². The molecular formula is C30H27FN2O3. The van der Waals surface area contributed by atoms with Crippen molar-refractivity contribution in [2.45, 2.75) is 26.6 Å². The van der Waals surface area contributed by atoms with E-state index in [1.807, 2.05) is 80.6 Å². The zero-order valence-electron chi connectivity index (χ0n) is 20.2. The molecule has 5 nitrogen and oxygen atoms in total. The summed E-state index contributed by atoms with van der Waals surface area (Å²) in [5, 5.41) is 3.53. The Morgan fingerprint density at radius 3 is 2.39 bits per heavy atom. The molecule has 0 fully saturated rings. The second-order valence-corrected chi connectivity index (χ2v) is 8.66. The summed E-state index contributed by atoms with van der Waals surface area (Å²) in [5.41, 5.74) is 5.03. The highest BCUT2D eigenvalue weighted by Gasteiger charge is 2.34. The van der Waals surface area contributed by atoms with Gasteiger partial charge in [0.05, 0.1) is 12.2 Å². The average molecular weight is 483 g/mol. The Morgan fingerprint density at radius 1 is 0.889 bits per heavy atom. The number of halogens is 1. The molecule has 0 saturated heterocycles. The van der Waals surface area contributed by atoms with Gasteiger partial charge in [0.25, 0.3) is 5.91 Å². The van der Waals surface area contributed by atoms with Crippen LogP contribution >= 0.6 is 0 Å². The van der Waals surface area contributed by atoms with Gasteiger partial charge in [-0.05, 0) is 73.5 Å². The van der Waals surface area contributed by atoms with Crippen LogP contribution in [0.15, 0.2) is 91.0 Å². The van der Waals surface area contributed by atoms with Crippen LogP contribution in [0.25, 0.3) is 0 Å². The Hall–Kier alpha value is -4.32. The average Bonchev–Trinajstić information content (AvgIpc) is 2.90. The molecule has 0 spiro atoms. The molecule has 182 valence electrons. The number of rotatable bonds is 7. The van der Waals surface area contributed by atoms with E-state index in [2.05, 4.69) is 5.32 Å². The Labute approximate surface area is 210 Å². The fraction of sp³-hybridized carbons (Fsp3) is 0.167. The van der Waals surface area contributed by atoms with Crippen molar-refractivity contribution in [1.29, 1.82) is 0 Å². The second-order valence-electron chi connectivity index (χ2n) is 8.66. The van der Waals surface area contributed by atoms with Crippen molar-refractivity contribution in [1.82, 2.24) is 0 Å². The molecule has 1 N–H and O–H groups in total. The lowest BCUT2D eigenvalue weighted by molar-refractivity contribution is 0.0975. The van der Waals surface area contributed by atoms with E-state index in [0.29, 0.717) is 23.7 Å². The molecule has 36 heavy (non-hydrogen) atoms. The van der Waals surface area contributed by atoms with Gasteiger partial charge in [-0.1, -0.05) is 48.0 Å². The maximum atomic E-state index is 13.7. The number of para-hydroxylation sites is 1. The topological polar surface area (TPSA) is 50.8 Å². The van der Waals surface area contributed by atoms with E-state index >= 15 is 0 Å². The number of anilines is 2. The minimum atomic E-state index is -0.444. The summed E-state index contributed by atoms with van der Waals surface area (Å²) in [6.07, 6.45) is -0.444. The molecule has 1 atom stereocenters. The molecule has 1 aliphatic heterocycles. The molecular weight excluding hydrogens is 455 g/mol. The molecule has 4 aromatic rings. The first-order valence-corrected chi connectivity index (χ1v) is 11.9. The molecule has 1 heterocycles. The SMILES string of the molecule is CCOc1cc([C@H]2Nc3ccccc3C(=O)N2c2ccc(C)cc2)ccc1OCc1ccc(F)cc1. The van der Waals surface area contributed by atoms with Gasteiger partial charge in [-0.25, -0.2) is 4.39 Å². The Morgan fingerprint density at radius 2 is 1.64 bits per heavy atom. The fourth-order valence-electron chi connectivity index (χ4n) is 4.28. The van der Waals surface area contributed by atoms with Gasteiger partial charge in [0, 0.05) is 11.4 Å². The van der Waals surface area contributed by atoms with Crippen LogP contribution in [0, 0.1) is 12.7 Å². The van der Waals surface area contributed by atoms with E-state index in [9.17, 15) is 9.18 Å². The van der Waals surface area contributed by atoms with Crippen LogP contribution in [0.5, 0.6) is 11.5 Å². The maximum Gasteiger partial charge on any atom is 0.262 e. The summed E-state index contributed by atoms with van der Waals surface area (Å²) in [7, 11) is 0. The highest BCUT2D eigenvalue weighted by atomic mass is 19.1. The van der Waals surface area contributed by atoms with Gasteiger partial charge >= 0.3 is 0 Å². The van der Waals surface area contributed by atoms with Gasteiger partial charge < -0.3 is 14.8 Å². The number of carbonyl (C=O) groups excluding carboxylic acids is 1. The molecule has 0 aromatic heterocycles. The van der Waals surface area contributed by atoms with Crippen LogP contribution in [-0.4, -0.2) is 12.5 Å². The number of nitrogens with zero attached hydrogens (tertiary/aromatic N) is 1. The predicted octanol–water partition coefficient (Wildman–Crippen LogP) is 6.88. The lowest BCUT2D eigenvalue weighted by Gasteiger charge is -2.38. The number of aryl methyl sites for hydroxylation is 1. The standard InChI is InChI=1S/C30H27FN2O3/c1-3-35-28-18-22(12-17-27(28)36-19-21-10-13-23(31)14-11-21)29-32-26-7-5-4-6-25(26)30(34)33(29)24-15-8-20(2)9-16-24/h4-18,29,32H,3,19H2,1-2H3/t29-/m0/s1. The van der Waals surface area contributed by atoms with Crippen LogP contribution < -0.4 is 19.7 Å². The fourth-order valence-corrected chi connectivity index (χ4v) is 4.28. The summed E-state index contributed by atoms with van der Waals surface area (Å²) in [6, 6.07) is 27.3. The number of hydrogen-bond acceptors (Lipinski definition) is 4. The van der Waals surface area contributed by atoms with E-state index in [1.165, 1.54) is 12.1 Å². The number of benzene rings is 4. The van der Waals surface area contributed by atoms with Gasteiger partial charge in [-0.15, -0.1) is 0 Å². The van der Waals surface area contributed by atoms with Gasteiger partial charge in [0.2, 0.25) is 0 Å². The summed E-state index contributed by atoms with van der Waals surface area (Å²) in [4.78, 5) is 15.4. The van der Waals surface area contributed by atoms with E-state index in [-0.39, 0.29) is 18.3 Å². The molecule has 6 heteroatoms. The Balaban J connectivity index is 1.50. The van der Waals surface area contributed by atoms with Gasteiger partial charge in [-0.3, -0.25) is 9.69 Å². The smallest absolute Gasteiger partial charge is 0.262 e. The number of hydrogen-bond donors (Lipinski definition) is 1. The third-order valence-electron chi connectivity index (χ3n) is 6.13. The van der Waals surface area contributed by atoms with E-state index in [0.717, 1.165) is 28.1 Å². The Bertz CT molecular complexity index is 1370. The van der Waals surface area contributed by atoms with Crippen molar-refractivity contribution >= 4 is 17.3 Å². The van der Waals surface area contributed by atoms with E-state index in [4.69, 9.17) is 9.47 Å². The van der Waals surface area contributed by atoms with Crippen molar-refractivity contribution in [2.24, 2.45) is 0 Å². The molecule has 0 aliphatic carbocycles. The first-order valence-electron chi connectivity index (χ1n) is 11.9. The van der Waals surface area contributed by atoms with Crippen molar-refractivity contribution in [3.05, 3.63) is 119 Å². The van der Waals surface area contributed by atoms with Gasteiger partial charge in [-0.2, -0.15) is 0 Å². The van der Waals surface area contributed by atoms with Crippen molar-refractivity contribution in [3.63, 3.8) is 0 Å². The molecule has 1 aliphatic rings. The zero-order valence-corrected chi connectivity index (χ0v) is 20.2. The largest absolute Gasteiger partial charge is 0.490 e. The minimum Gasteiger partial charge on any atom is -0.490 e. The summed E-state index contributed by atoms with van der Waals surface area (Å²) in [6.45, 7) is 4.67. The number of ether oxygens (including phenoxy) is 2. The minimum absolute atomic E-state index is 0.0761. The lowest BCUT2D eigenvalue weighted by atomic mass is 10.0. The van der Waals surface area contributed by atoms with E-state index in [1.54, 1.807) is 17.0 Å². The molecule has 5 rings (SSSR count). The van der Waals surface area contributed by atoms with Crippen LogP contribution in [-0.2, 0) is 6.61 Å². The highest BCUT2D eigenvalue weighted by Crippen LogP contribution is 2.39. The number of nitrogens with one attached hydrogen (secondary N) is 1. The Kier molecular flexibility index (Phi) is 6.58. The quantitative estimate of drug-likeness (QED) is 0.312. The maximum absolute atomic E-state index is 13.7. The predicted molar refractivity (Wildman–Crippen MR) is 139 cm³/mol. The second kappa shape index (κ2) is 10.1. The normalized spacial score (nSPS) is 14.7. The summed E-state index contributed by atoms with van der Waals surface area (Å²) in [5.74, 6) is 0.795. The zero-order chi connectivity index (χ0) is 25.1. The summed E-state index contributed by atoms with van der Waals surface area (Å²) >= 11 is 0.